The number of sulfonamides is 1. The van der Waals surface area contributed by atoms with E-state index in [4.69, 9.17) is 4.74 Å². The highest BCUT2D eigenvalue weighted by atomic mass is 32.2. The highest BCUT2D eigenvalue weighted by molar-refractivity contribution is 7.89. The molecule has 0 aromatic rings. The topological polar surface area (TPSA) is 55.4 Å². The van der Waals surface area contributed by atoms with Crippen molar-refractivity contribution in [2.45, 2.75) is 26.8 Å². The molecular weight excluding hydrogens is 178 g/mol. The summed E-state index contributed by atoms with van der Waals surface area (Å²) in [6.45, 7) is 6.30. The van der Waals surface area contributed by atoms with Crippen LogP contribution in [-0.4, -0.2) is 33.4 Å². The lowest BCUT2D eigenvalue weighted by atomic mass is 10.4. The summed E-state index contributed by atoms with van der Waals surface area (Å²) in [6, 6.07) is -0.144. The van der Waals surface area contributed by atoms with Crippen molar-refractivity contribution in [1.29, 1.82) is 0 Å². The van der Waals surface area contributed by atoms with Crippen LogP contribution in [0.4, 0.5) is 0 Å². The molecule has 1 unspecified atom stereocenters. The lowest BCUT2D eigenvalue weighted by Crippen LogP contribution is -2.36. The van der Waals surface area contributed by atoms with Gasteiger partial charge in [0.1, 0.15) is 0 Å². The number of hydrogen-bond donors (Lipinski definition) is 1. The molecule has 0 aromatic carbocycles. The van der Waals surface area contributed by atoms with Gasteiger partial charge in [-0.3, -0.25) is 0 Å². The van der Waals surface area contributed by atoms with Crippen LogP contribution in [0, 0.1) is 0 Å². The Morgan fingerprint density at radius 3 is 2.42 bits per heavy atom. The molecule has 0 amide bonds. The Balaban J connectivity index is 3.76. The average Bonchev–Trinajstić information content (AvgIpc) is 2.00. The largest absolute Gasteiger partial charge is 0.380 e. The molecule has 0 radical (unpaired) electrons. The van der Waals surface area contributed by atoms with E-state index < -0.39 is 10.0 Å². The van der Waals surface area contributed by atoms with Crippen LogP contribution < -0.4 is 4.72 Å². The van der Waals surface area contributed by atoms with Crippen molar-refractivity contribution < 1.29 is 13.2 Å². The van der Waals surface area contributed by atoms with E-state index in [2.05, 4.69) is 4.72 Å². The molecule has 0 aromatic heterocycles. The van der Waals surface area contributed by atoms with Crippen molar-refractivity contribution in [2.24, 2.45) is 0 Å². The standard InChI is InChI=1S/C7H17NO3S/c1-4-11-6-7(3)8-12(9,10)5-2/h7-8H,4-6H2,1-3H3. The van der Waals surface area contributed by atoms with Gasteiger partial charge in [-0.25, -0.2) is 13.1 Å². The molecule has 0 heterocycles. The van der Waals surface area contributed by atoms with Crippen molar-refractivity contribution >= 4 is 10.0 Å². The minimum absolute atomic E-state index is 0.115. The van der Waals surface area contributed by atoms with E-state index in [1.165, 1.54) is 0 Å². The first-order valence-electron chi connectivity index (χ1n) is 4.09. The van der Waals surface area contributed by atoms with Crippen LogP contribution in [0.15, 0.2) is 0 Å². The summed E-state index contributed by atoms with van der Waals surface area (Å²) in [6.07, 6.45) is 0. The Morgan fingerprint density at radius 1 is 1.42 bits per heavy atom. The van der Waals surface area contributed by atoms with Gasteiger partial charge in [-0.1, -0.05) is 0 Å². The van der Waals surface area contributed by atoms with Gasteiger partial charge in [0, 0.05) is 12.6 Å². The van der Waals surface area contributed by atoms with Crippen LogP contribution in [0.5, 0.6) is 0 Å². The highest BCUT2D eigenvalue weighted by Crippen LogP contribution is 1.89. The van der Waals surface area contributed by atoms with E-state index in [0.717, 1.165) is 0 Å². The van der Waals surface area contributed by atoms with Gasteiger partial charge in [0.25, 0.3) is 0 Å². The minimum Gasteiger partial charge on any atom is -0.380 e. The van der Waals surface area contributed by atoms with E-state index in [9.17, 15) is 8.42 Å². The maximum atomic E-state index is 11.0. The molecule has 4 nitrogen and oxygen atoms in total. The SMILES string of the molecule is CCOCC(C)NS(=O)(=O)CC. The normalized spacial score (nSPS) is 14.6. The van der Waals surface area contributed by atoms with Gasteiger partial charge >= 0.3 is 0 Å². The molecule has 0 fully saturated rings. The lowest BCUT2D eigenvalue weighted by Gasteiger charge is -2.12. The zero-order valence-electron chi connectivity index (χ0n) is 7.83. The van der Waals surface area contributed by atoms with Gasteiger partial charge in [0.2, 0.25) is 10.0 Å². The first-order chi connectivity index (χ1) is 5.52. The zero-order valence-corrected chi connectivity index (χ0v) is 8.65. The third kappa shape index (κ3) is 5.51. The molecule has 74 valence electrons. The Bertz CT molecular complexity index is 201. The van der Waals surface area contributed by atoms with Crippen LogP contribution in [0.1, 0.15) is 20.8 Å². The highest BCUT2D eigenvalue weighted by Gasteiger charge is 2.10. The van der Waals surface area contributed by atoms with Crippen LogP contribution in [-0.2, 0) is 14.8 Å². The number of ether oxygens (including phenoxy) is 1. The molecular formula is C7H17NO3S. The number of rotatable bonds is 6. The van der Waals surface area contributed by atoms with Crippen molar-refractivity contribution in [3.8, 4) is 0 Å². The molecule has 1 atom stereocenters. The fourth-order valence-electron chi connectivity index (χ4n) is 0.719. The van der Waals surface area contributed by atoms with Crippen molar-refractivity contribution in [1.82, 2.24) is 4.72 Å². The third-order valence-corrected chi connectivity index (χ3v) is 2.85. The molecule has 0 aliphatic heterocycles. The summed E-state index contributed by atoms with van der Waals surface area (Å²) in [5.74, 6) is 0.115. The number of hydrogen-bond acceptors (Lipinski definition) is 3. The predicted molar refractivity (Wildman–Crippen MR) is 48.6 cm³/mol. The Kier molecular flexibility index (Phi) is 5.44. The molecule has 0 saturated carbocycles. The summed E-state index contributed by atoms with van der Waals surface area (Å²) in [7, 11) is -3.08. The van der Waals surface area contributed by atoms with E-state index in [1.807, 2.05) is 6.92 Å². The van der Waals surface area contributed by atoms with Crippen molar-refractivity contribution in [3.05, 3.63) is 0 Å². The van der Waals surface area contributed by atoms with Gasteiger partial charge in [0.15, 0.2) is 0 Å². The van der Waals surface area contributed by atoms with Crippen LogP contribution >= 0.6 is 0 Å². The van der Waals surface area contributed by atoms with Gasteiger partial charge in [-0.05, 0) is 20.8 Å². The van der Waals surface area contributed by atoms with E-state index >= 15 is 0 Å². The predicted octanol–water partition coefficient (Wildman–Crippen LogP) is 0.351. The molecule has 1 N–H and O–H groups in total. The van der Waals surface area contributed by atoms with Gasteiger partial charge in [0.05, 0.1) is 12.4 Å². The van der Waals surface area contributed by atoms with Crippen molar-refractivity contribution in [3.63, 3.8) is 0 Å². The molecule has 0 aliphatic rings. The Labute approximate surface area is 74.4 Å². The summed E-state index contributed by atoms with van der Waals surface area (Å²) in [4.78, 5) is 0. The molecule has 0 aliphatic carbocycles. The number of nitrogens with one attached hydrogen (secondary N) is 1. The quantitative estimate of drug-likeness (QED) is 0.665. The van der Waals surface area contributed by atoms with Gasteiger partial charge < -0.3 is 4.74 Å². The van der Waals surface area contributed by atoms with Gasteiger partial charge in [-0.2, -0.15) is 0 Å². The zero-order chi connectivity index (χ0) is 9.61. The molecule has 0 saturated heterocycles. The average molecular weight is 195 g/mol. The molecule has 12 heavy (non-hydrogen) atoms. The first kappa shape index (κ1) is 11.9. The first-order valence-corrected chi connectivity index (χ1v) is 5.74. The summed E-state index contributed by atoms with van der Waals surface area (Å²) >= 11 is 0. The van der Waals surface area contributed by atoms with Gasteiger partial charge in [-0.15, -0.1) is 0 Å². The van der Waals surface area contributed by atoms with E-state index in [0.29, 0.717) is 13.2 Å². The summed E-state index contributed by atoms with van der Waals surface area (Å²) in [5, 5.41) is 0. The third-order valence-electron chi connectivity index (χ3n) is 1.33. The van der Waals surface area contributed by atoms with E-state index in [-0.39, 0.29) is 11.8 Å². The van der Waals surface area contributed by atoms with Crippen molar-refractivity contribution in [2.75, 3.05) is 19.0 Å². The smallest absolute Gasteiger partial charge is 0.211 e. The Morgan fingerprint density at radius 2 is 2.00 bits per heavy atom. The second-order valence-corrected chi connectivity index (χ2v) is 4.62. The maximum Gasteiger partial charge on any atom is 0.211 e. The van der Waals surface area contributed by atoms with Crippen LogP contribution in [0.25, 0.3) is 0 Å². The minimum atomic E-state index is -3.08. The Hall–Kier alpha value is -0.130. The molecule has 0 rings (SSSR count). The summed E-state index contributed by atoms with van der Waals surface area (Å²) in [5.41, 5.74) is 0. The maximum absolute atomic E-state index is 11.0. The van der Waals surface area contributed by atoms with Crippen LogP contribution in [0.2, 0.25) is 0 Å². The summed E-state index contributed by atoms with van der Waals surface area (Å²) < 4.78 is 29.6. The lowest BCUT2D eigenvalue weighted by molar-refractivity contribution is 0.133. The fourth-order valence-corrected chi connectivity index (χ4v) is 1.57. The molecule has 0 bridgehead atoms. The molecule has 0 spiro atoms. The monoisotopic (exact) mass is 195 g/mol. The molecule has 5 heteroatoms. The van der Waals surface area contributed by atoms with Crippen LogP contribution in [0.3, 0.4) is 0 Å². The second kappa shape index (κ2) is 5.50. The van der Waals surface area contributed by atoms with E-state index in [1.54, 1.807) is 13.8 Å². The fraction of sp³-hybridized carbons (Fsp3) is 1.00. The second-order valence-electron chi connectivity index (χ2n) is 2.58.